The molecule has 0 radical (unpaired) electrons. The van der Waals surface area contributed by atoms with E-state index >= 15 is 0 Å². The van der Waals surface area contributed by atoms with Crippen LogP contribution in [0.4, 0.5) is 5.69 Å². The van der Waals surface area contributed by atoms with Crippen LogP contribution in [-0.2, 0) is 11.2 Å². The van der Waals surface area contributed by atoms with Crippen molar-refractivity contribution < 1.29 is 14.3 Å². The van der Waals surface area contributed by atoms with E-state index in [9.17, 15) is 4.79 Å². The van der Waals surface area contributed by atoms with Crippen molar-refractivity contribution in [2.45, 2.75) is 38.1 Å². The number of ether oxygens (including phenoxy) is 2. The maximum absolute atomic E-state index is 12.6. The van der Waals surface area contributed by atoms with Gasteiger partial charge in [0.15, 0.2) is 6.61 Å². The maximum atomic E-state index is 12.6. The Balaban J connectivity index is 1.41. The van der Waals surface area contributed by atoms with Gasteiger partial charge in [-0.15, -0.1) is 0 Å². The standard InChI is InChI=1S/C26H35N3O3/c1-28-13-7-8-20-16-21(11-12-24(20)28)25(29-14-4-3-5-15-29)18-27-26(30)19-32-23-10-6-9-22(17-23)31-2/h6,9-12,16-17,25H,3-5,7-8,13-15,18-19H2,1-2H3,(H,27,30)/t25-/m1/s1. The van der Waals surface area contributed by atoms with E-state index in [0.717, 1.165) is 26.1 Å². The van der Waals surface area contributed by atoms with E-state index < -0.39 is 0 Å². The fourth-order valence-electron chi connectivity index (χ4n) is 4.80. The zero-order valence-electron chi connectivity index (χ0n) is 19.3. The maximum Gasteiger partial charge on any atom is 0.258 e. The van der Waals surface area contributed by atoms with E-state index in [2.05, 4.69) is 40.4 Å². The number of benzene rings is 2. The number of likely N-dealkylation sites (tertiary alicyclic amines) is 1. The molecule has 4 rings (SSSR count). The third kappa shape index (κ3) is 5.54. The van der Waals surface area contributed by atoms with E-state index in [1.807, 2.05) is 18.2 Å². The van der Waals surface area contributed by atoms with E-state index in [1.54, 1.807) is 13.2 Å². The van der Waals surface area contributed by atoms with Gasteiger partial charge in [0.1, 0.15) is 11.5 Å². The van der Waals surface area contributed by atoms with Gasteiger partial charge in [0.25, 0.3) is 5.91 Å². The van der Waals surface area contributed by atoms with Gasteiger partial charge in [-0.05, 0) is 68.1 Å². The fourth-order valence-corrected chi connectivity index (χ4v) is 4.80. The number of methoxy groups -OCH3 is 1. The molecular weight excluding hydrogens is 402 g/mol. The van der Waals surface area contributed by atoms with E-state index in [0.29, 0.717) is 18.0 Å². The molecular formula is C26H35N3O3. The summed E-state index contributed by atoms with van der Waals surface area (Å²) in [6.07, 6.45) is 6.05. The van der Waals surface area contributed by atoms with Crippen molar-refractivity contribution in [2.75, 3.05) is 51.8 Å². The van der Waals surface area contributed by atoms with Crippen LogP contribution in [0.1, 0.15) is 42.9 Å². The number of amides is 1. The molecule has 1 N–H and O–H groups in total. The fraction of sp³-hybridized carbons (Fsp3) is 0.500. The highest BCUT2D eigenvalue weighted by atomic mass is 16.5. The summed E-state index contributed by atoms with van der Waals surface area (Å²) in [6.45, 7) is 3.87. The van der Waals surface area contributed by atoms with Gasteiger partial charge in [0, 0.05) is 31.9 Å². The third-order valence-electron chi connectivity index (χ3n) is 6.57. The first-order valence-electron chi connectivity index (χ1n) is 11.8. The minimum absolute atomic E-state index is 0.00509. The van der Waals surface area contributed by atoms with Crippen LogP contribution < -0.4 is 19.7 Å². The minimum Gasteiger partial charge on any atom is -0.497 e. The topological polar surface area (TPSA) is 54.0 Å². The first kappa shape index (κ1) is 22.5. The molecule has 6 nitrogen and oxygen atoms in total. The highest BCUT2D eigenvalue weighted by molar-refractivity contribution is 5.77. The number of hydrogen-bond acceptors (Lipinski definition) is 5. The molecule has 1 fully saturated rings. The molecule has 2 aliphatic heterocycles. The van der Waals surface area contributed by atoms with Crippen molar-refractivity contribution in [3.05, 3.63) is 53.6 Å². The van der Waals surface area contributed by atoms with Crippen LogP contribution in [0.25, 0.3) is 0 Å². The van der Waals surface area contributed by atoms with E-state index in [-0.39, 0.29) is 18.6 Å². The smallest absolute Gasteiger partial charge is 0.258 e. The quantitative estimate of drug-likeness (QED) is 0.681. The zero-order chi connectivity index (χ0) is 22.3. The Hall–Kier alpha value is -2.73. The van der Waals surface area contributed by atoms with Gasteiger partial charge in [0.05, 0.1) is 13.2 Å². The largest absolute Gasteiger partial charge is 0.497 e. The summed E-state index contributed by atoms with van der Waals surface area (Å²) in [4.78, 5) is 17.4. The molecule has 2 aromatic carbocycles. The first-order chi connectivity index (χ1) is 15.6. The number of rotatable bonds is 8. The summed E-state index contributed by atoms with van der Waals surface area (Å²) in [6, 6.07) is 14.4. The molecule has 2 aliphatic rings. The molecule has 32 heavy (non-hydrogen) atoms. The summed E-state index contributed by atoms with van der Waals surface area (Å²) < 4.78 is 10.9. The van der Waals surface area contributed by atoms with Crippen molar-refractivity contribution in [3.8, 4) is 11.5 Å². The lowest BCUT2D eigenvalue weighted by atomic mass is 9.95. The summed E-state index contributed by atoms with van der Waals surface area (Å²) in [5.74, 6) is 1.24. The molecule has 1 amide bonds. The van der Waals surface area contributed by atoms with Crippen LogP contribution in [0.5, 0.6) is 11.5 Å². The lowest BCUT2D eigenvalue weighted by Gasteiger charge is -2.36. The number of anilines is 1. The second-order valence-electron chi connectivity index (χ2n) is 8.80. The summed E-state index contributed by atoms with van der Waals surface area (Å²) in [7, 11) is 3.79. The number of piperidine rings is 1. The summed E-state index contributed by atoms with van der Waals surface area (Å²) >= 11 is 0. The molecule has 2 heterocycles. The Morgan fingerprint density at radius 1 is 1.03 bits per heavy atom. The van der Waals surface area contributed by atoms with Gasteiger partial charge in [-0.3, -0.25) is 9.69 Å². The normalized spacial score (nSPS) is 17.4. The average molecular weight is 438 g/mol. The second kappa shape index (κ2) is 10.7. The number of aryl methyl sites for hydroxylation is 1. The highest BCUT2D eigenvalue weighted by Crippen LogP contribution is 2.31. The summed E-state index contributed by atoms with van der Waals surface area (Å²) in [5.41, 5.74) is 4.06. The Bertz CT molecular complexity index is 911. The Labute approximate surface area is 191 Å². The van der Waals surface area contributed by atoms with Gasteiger partial charge in [-0.2, -0.15) is 0 Å². The van der Waals surface area contributed by atoms with Crippen molar-refractivity contribution in [1.82, 2.24) is 10.2 Å². The van der Waals surface area contributed by atoms with Crippen LogP contribution in [0.2, 0.25) is 0 Å². The Morgan fingerprint density at radius 2 is 1.84 bits per heavy atom. The lowest BCUT2D eigenvalue weighted by molar-refractivity contribution is -0.123. The molecule has 0 aliphatic carbocycles. The van der Waals surface area contributed by atoms with Crippen LogP contribution in [0.15, 0.2) is 42.5 Å². The molecule has 0 saturated carbocycles. The molecule has 6 heteroatoms. The van der Waals surface area contributed by atoms with Crippen molar-refractivity contribution in [1.29, 1.82) is 0 Å². The number of carbonyl (C=O) groups excluding carboxylic acids is 1. The van der Waals surface area contributed by atoms with Gasteiger partial charge < -0.3 is 19.7 Å². The second-order valence-corrected chi connectivity index (χ2v) is 8.80. The third-order valence-corrected chi connectivity index (χ3v) is 6.57. The van der Waals surface area contributed by atoms with Crippen molar-refractivity contribution in [3.63, 3.8) is 0 Å². The number of nitrogens with zero attached hydrogens (tertiary/aromatic N) is 2. The molecule has 172 valence electrons. The number of carbonyl (C=O) groups is 1. The SMILES string of the molecule is COc1cccc(OCC(=O)NC[C@H](c2ccc3c(c2)CCCN3C)N2CCCCC2)c1. The predicted molar refractivity (Wildman–Crippen MR) is 128 cm³/mol. The van der Waals surface area contributed by atoms with E-state index in [1.165, 1.54) is 42.5 Å². The van der Waals surface area contributed by atoms with Crippen LogP contribution in [-0.4, -0.2) is 57.8 Å². The zero-order valence-corrected chi connectivity index (χ0v) is 19.3. The van der Waals surface area contributed by atoms with Crippen molar-refractivity contribution >= 4 is 11.6 Å². The van der Waals surface area contributed by atoms with Gasteiger partial charge in [-0.25, -0.2) is 0 Å². The van der Waals surface area contributed by atoms with Crippen LogP contribution >= 0.6 is 0 Å². The highest BCUT2D eigenvalue weighted by Gasteiger charge is 2.24. The predicted octanol–water partition coefficient (Wildman–Crippen LogP) is 3.80. The first-order valence-corrected chi connectivity index (χ1v) is 11.8. The van der Waals surface area contributed by atoms with Gasteiger partial charge in [-0.1, -0.05) is 24.6 Å². The van der Waals surface area contributed by atoms with E-state index in [4.69, 9.17) is 9.47 Å². The monoisotopic (exact) mass is 437 g/mol. The molecule has 2 aromatic rings. The Kier molecular flexibility index (Phi) is 7.53. The summed E-state index contributed by atoms with van der Waals surface area (Å²) in [5, 5.41) is 3.12. The number of hydrogen-bond donors (Lipinski definition) is 1. The molecule has 1 saturated heterocycles. The molecule has 0 unspecified atom stereocenters. The van der Waals surface area contributed by atoms with Crippen molar-refractivity contribution in [2.24, 2.45) is 0 Å². The number of fused-ring (bicyclic) bond motifs is 1. The molecule has 0 aromatic heterocycles. The Morgan fingerprint density at radius 3 is 2.66 bits per heavy atom. The average Bonchev–Trinajstić information content (AvgIpc) is 2.84. The van der Waals surface area contributed by atoms with Crippen LogP contribution in [0, 0.1) is 0 Å². The lowest BCUT2D eigenvalue weighted by Crippen LogP contribution is -2.41. The molecule has 0 spiro atoms. The minimum atomic E-state index is -0.104. The van der Waals surface area contributed by atoms with Crippen LogP contribution in [0.3, 0.4) is 0 Å². The number of nitrogens with one attached hydrogen (secondary N) is 1. The molecule has 0 bridgehead atoms. The van der Waals surface area contributed by atoms with Gasteiger partial charge in [0.2, 0.25) is 0 Å². The molecule has 1 atom stereocenters. The van der Waals surface area contributed by atoms with Gasteiger partial charge >= 0.3 is 0 Å².